The van der Waals surface area contributed by atoms with Crippen LogP contribution in [-0.4, -0.2) is 6.54 Å². The summed E-state index contributed by atoms with van der Waals surface area (Å²) < 4.78 is 0. The van der Waals surface area contributed by atoms with E-state index in [1.807, 2.05) is 18.2 Å². The average molecular weight is 272 g/mol. The van der Waals surface area contributed by atoms with E-state index in [9.17, 15) is 0 Å². The quantitative estimate of drug-likeness (QED) is 0.827. The van der Waals surface area contributed by atoms with Gasteiger partial charge in [0.1, 0.15) is 0 Å². The van der Waals surface area contributed by atoms with Crippen molar-refractivity contribution in [3.8, 4) is 0 Å². The number of rotatable bonds is 4. The minimum Gasteiger partial charge on any atom is -0.310 e. The van der Waals surface area contributed by atoms with Crippen LogP contribution in [0.1, 0.15) is 44.2 Å². The second-order valence-corrected chi connectivity index (χ2v) is 5.59. The maximum absolute atomic E-state index is 6.31. The molecule has 0 heterocycles. The smallest absolute Gasteiger partial charge is 0.0454 e. The Labute approximate surface area is 114 Å². The lowest BCUT2D eigenvalue weighted by molar-refractivity contribution is 0.374. The Bertz CT molecular complexity index is 372. The zero-order valence-corrected chi connectivity index (χ0v) is 11.7. The summed E-state index contributed by atoms with van der Waals surface area (Å²) in [4.78, 5) is 0. The summed E-state index contributed by atoms with van der Waals surface area (Å²) >= 11 is 12.4. The van der Waals surface area contributed by atoms with Crippen LogP contribution in [0, 0.1) is 5.92 Å². The standard InChI is InChI=1S/C14H19Cl2N/c1-2-17-14(10-5-3-4-6-10)12-9-11(15)7-8-13(12)16/h7-10,14,17H,2-6H2,1H3. The van der Waals surface area contributed by atoms with E-state index in [2.05, 4.69) is 12.2 Å². The maximum atomic E-state index is 6.31. The van der Waals surface area contributed by atoms with Gasteiger partial charge in [0.2, 0.25) is 0 Å². The van der Waals surface area contributed by atoms with Crippen LogP contribution < -0.4 is 5.32 Å². The Kier molecular flexibility index (Phi) is 4.72. The second kappa shape index (κ2) is 6.08. The fourth-order valence-electron chi connectivity index (χ4n) is 2.79. The van der Waals surface area contributed by atoms with Crippen LogP contribution >= 0.6 is 23.2 Å². The Hall–Kier alpha value is -0.240. The van der Waals surface area contributed by atoms with Crippen LogP contribution in [0.4, 0.5) is 0 Å². The highest BCUT2D eigenvalue weighted by molar-refractivity contribution is 6.33. The lowest BCUT2D eigenvalue weighted by Crippen LogP contribution is -2.27. The van der Waals surface area contributed by atoms with E-state index in [0.717, 1.165) is 22.2 Å². The molecule has 1 aromatic rings. The van der Waals surface area contributed by atoms with E-state index in [1.165, 1.54) is 25.7 Å². The second-order valence-electron chi connectivity index (χ2n) is 4.75. The van der Waals surface area contributed by atoms with Gasteiger partial charge in [-0.3, -0.25) is 0 Å². The molecule has 0 aromatic heterocycles. The Morgan fingerprint density at radius 3 is 2.65 bits per heavy atom. The predicted octanol–water partition coefficient (Wildman–Crippen LogP) is 4.83. The zero-order chi connectivity index (χ0) is 12.3. The number of nitrogens with one attached hydrogen (secondary N) is 1. The Balaban J connectivity index is 2.27. The van der Waals surface area contributed by atoms with Gasteiger partial charge in [-0.05, 0) is 49.1 Å². The summed E-state index contributed by atoms with van der Waals surface area (Å²) in [5.74, 6) is 0.700. The highest BCUT2D eigenvalue weighted by atomic mass is 35.5. The molecular weight excluding hydrogens is 253 g/mol. The summed E-state index contributed by atoms with van der Waals surface area (Å²) in [6.45, 7) is 3.10. The van der Waals surface area contributed by atoms with E-state index in [0.29, 0.717) is 12.0 Å². The summed E-state index contributed by atoms with van der Waals surface area (Å²) in [6, 6.07) is 6.12. The van der Waals surface area contributed by atoms with Crippen molar-refractivity contribution in [3.63, 3.8) is 0 Å². The third kappa shape index (κ3) is 3.15. The predicted molar refractivity (Wildman–Crippen MR) is 74.8 cm³/mol. The van der Waals surface area contributed by atoms with Gasteiger partial charge < -0.3 is 5.32 Å². The van der Waals surface area contributed by atoms with Crippen molar-refractivity contribution < 1.29 is 0 Å². The van der Waals surface area contributed by atoms with Crippen LogP contribution in [0.5, 0.6) is 0 Å². The molecule has 17 heavy (non-hydrogen) atoms. The molecule has 1 aliphatic carbocycles. The van der Waals surface area contributed by atoms with E-state index in [-0.39, 0.29) is 0 Å². The summed E-state index contributed by atoms with van der Waals surface area (Å²) in [5.41, 5.74) is 1.16. The number of hydrogen-bond donors (Lipinski definition) is 1. The van der Waals surface area contributed by atoms with Gasteiger partial charge in [-0.15, -0.1) is 0 Å². The van der Waals surface area contributed by atoms with Gasteiger partial charge in [-0.1, -0.05) is 43.0 Å². The molecule has 0 amide bonds. The molecular formula is C14H19Cl2N. The normalized spacial score (nSPS) is 18.5. The fourth-order valence-corrected chi connectivity index (χ4v) is 3.21. The lowest BCUT2D eigenvalue weighted by atomic mass is 9.91. The third-order valence-corrected chi connectivity index (χ3v) is 4.17. The first-order chi connectivity index (χ1) is 8.22. The van der Waals surface area contributed by atoms with Crippen molar-refractivity contribution in [2.75, 3.05) is 6.54 Å². The van der Waals surface area contributed by atoms with E-state index >= 15 is 0 Å². The van der Waals surface area contributed by atoms with Crippen molar-refractivity contribution in [2.45, 2.75) is 38.6 Å². The topological polar surface area (TPSA) is 12.0 Å². The van der Waals surface area contributed by atoms with Gasteiger partial charge in [0.15, 0.2) is 0 Å². The van der Waals surface area contributed by atoms with Gasteiger partial charge >= 0.3 is 0 Å². The van der Waals surface area contributed by atoms with Gasteiger partial charge in [-0.25, -0.2) is 0 Å². The van der Waals surface area contributed by atoms with Crippen molar-refractivity contribution in [2.24, 2.45) is 5.92 Å². The summed E-state index contributed by atoms with van der Waals surface area (Å²) in [5, 5.41) is 5.16. The summed E-state index contributed by atoms with van der Waals surface area (Å²) in [7, 11) is 0. The molecule has 0 spiro atoms. The van der Waals surface area contributed by atoms with E-state index in [1.54, 1.807) is 0 Å². The molecule has 1 aromatic carbocycles. The first-order valence-electron chi connectivity index (χ1n) is 6.40. The van der Waals surface area contributed by atoms with E-state index < -0.39 is 0 Å². The van der Waals surface area contributed by atoms with Crippen molar-refractivity contribution >= 4 is 23.2 Å². The SMILES string of the molecule is CCNC(c1cc(Cl)ccc1Cl)C1CCCC1. The van der Waals surface area contributed by atoms with Crippen LogP contribution in [0.3, 0.4) is 0 Å². The molecule has 2 rings (SSSR count). The number of halogens is 2. The van der Waals surface area contributed by atoms with Crippen molar-refractivity contribution in [1.29, 1.82) is 0 Å². The monoisotopic (exact) mass is 271 g/mol. The summed E-state index contributed by atoms with van der Waals surface area (Å²) in [6.07, 6.45) is 5.26. The minimum absolute atomic E-state index is 0.355. The van der Waals surface area contributed by atoms with E-state index in [4.69, 9.17) is 23.2 Å². The molecule has 1 unspecified atom stereocenters. The molecule has 1 atom stereocenters. The number of benzene rings is 1. The molecule has 0 radical (unpaired) electrons. The molecule has 1 N–H and O–H groups in total. The van der Waals surface area contributed by atoms with Crippen molar-refractivity contribution in [3.05, 3.63) is 33.8 Å². The molecule has 0 aliphatic heterocycles. The number of hydrogen-bond acceptors (Lipinski definition) is 1. The largest absolute Gasteiger partial charge is 0.310 e. The van der Waals surface area contributed by atoms with Gasteiger partial charge in [0, 0.05) is 16.1 Å². The first-order valence-corrected chi connectivity index (χ1v) is 7.16. The Morgan fingerprint density at radius 1 is 1.29 bits per heavy atom. The van der Waals surface area contributed by atoms with Crippen LogP contribution in [0.25, 0.3) is 0 Å². The molecule has 1 aliphatic rings. The van der Waals surface area contributed by atoms with Crippen molar-refractivity contribution in [1.82, 2.24) is 5.32 Å². The fraction of sp³-hybridized carbons (Fsp3) is 0.571. The average Bonchev–Trinajstić information content (AvgIpc) is 2.83. The highest BCUT2D eigenvalue weighted by Gasteiger charge is 2.27. The third-order valence-electron chi connectivity index (χ3n) is 3.59. The molecule has 3 heteroatoms. The molecule has 1 nitrogen and oxygen atoms in total. The zero-order valence-electron chi connectivity index (χ0n) is 10.2. The molecule has 0 bridgehead atoms. The first kappa shape index (κ1) is 13.2. The molecule has 94 valence electrons. The molecule has 1 saturated carbocycles. The maximum Gasteiger partial charge on any atom is 0.0454 e. The van der Waals surface area contributed by atoms with Gasteiger partial charge in [-0.2, -0.15) is 0 Å². The molecule has 1 fully saturated rings. The van der Waals surface area contributed by atoms with Gasteiger partial charge in [0.25, 0.3) is 0 Å². The van der Waals surface area contributed by atoms with Gasteiger partial charge in [0.05, 0.1) is 0 Å². The van der Waals surface area contributed by atoms with Crippen LogP contribution in [0.15, 0.2) is 18.2 Å². The Morgan fingerprint density at radius 2 is 2.00 bits per heavy atom. The molecule has 0 saturated heterocycles. The van der Waals surface area contributed by atoms with Crippen LogP contribution in [-0.2, 0) is 0 Å². The van der Waals surface area contributed by atoms with Crippen LogP contribution in [0.2, 0.25) is 10.0 Å². The highest BCUT2D eigenvalue weighted by Crippen LogP contribution is 2.38. The minimum atomic E-state index is 0.355. The lowest BCUT2D eigenvalue weighted by Gasteiger charge is -2.25.